The van der Waals surface area contributed by atoms with Crippen LogP contribution in [0.4, 0.5) is 4.79 Å². The first-order chi connectivity index (χ1) is 17.0. The minimum atomic E-state index is -1.54. The maximum atomic E-state index is 13.2. The summed E-state index contributed by atoms with van der Waals surface area (Å²) in [5.74, 6) is -0.466. The number of furan rings is 1. The molecule has 174 valence electrons. The molecule has 4 amide bonds. The Morgan fingerprint density at radius 3 is 2.80 bits per heavy atom. The van der Waals surface area contributed by atoms with Gasteiger partial charge in [0.1, 0.15) is 11.3 Å². The van der Waals surface area contributed by atoms with E-state index in [-0.39, 0.29) is 18.2 Å². The van der Waals surface area contributed by atoms with E-state index in [0.717, 1.165) is 28.6 Å². The summed E-state index contributed by atoms with van der Waals surface area (Å²) < 4.78 is 7.97. The lowest BCUT2D eigenvalue weighted by molar-refractivity contribution is -0.594. The lowest BCUT2D eigenvalue weighted by Gasteiger charge is -2.29. The molecule has 1 saturated heterocycles. The first-order valence-electron chi connectivity index (χ1n) is 11.4. The summed E-state index contributed by atoms with van der Waals surface area (Å²) in [5.41, 5.74) is 2.48. The summed E-state index contributed by atoms with van der Waals surface area (Å²) in [6, 6.07) is 12.5. The Morgan fingerprint density at radius 2 is 2.06 bits per heavy atom. The number of fused-ring (bicyclic) bond motifs is 2. The first kappa shape index (κ1) is 21.0. The standard InChI is InChI=1S/C26H21N5O4/c1-2-16-5-6-17-13-31(23(32)20(17)10-16)15-26(24(33)28-25(34)29-26)22-11-18-14-30(9-7-21(18)35-22)19-4-3-8-27-12-19/h3-12,14H,2,13,15H2,1H3,(H-,28,29,33,34)/p+1/t26-/m0/s1. The van der Waals surface area contributed by atoms with Gasteiger partial charge in [0.25, 0.3) is 11.8 Å². The zero-order valence-corrected chi connectivity index (χ0v) is 18.9. The number of amides is 4. The fraction of sp³-hybridized carbons (Fsp3) is 0.192. The van der Waals surface area contributed by atoms with Crippen molar-refractivity contribution < 1.29 is 23.4 Å². The molecule has 0 spiro atoms. The number of benzene rings is 1. The number of hydrogen-bond donors (Lipinski definition) is 2. The van der Waals surface area contributed by atoms with Gasteiger partial charge in [0.05, 0.1) is 18.1 Å². The fourth-order valence-corrected chi connectivity index (χ4v) is 4.77. The highest BCUT2D eigenvalue weighted by Gasteiger charge is 2.53. The molecule has 0 bridgehead atoms. The van der Waals surface area contributed by atoms with E-state index in [1.807, 2.05) is 54.2 Å². The second kappa shape index (κ2) is 7.76. The molecular formula is C26H22N5O4+. The summed E-state index contributed by atoms with van der Waals surface area (Å²) >= 11 is 0. The van der Waals surface area contributed by atoms with Crippen LogP contribution in [0.2, 0.25) is 0 Å². The van der Waals surface area contributed by atoms with Gasteiger partial charge in [-0.2, -0.15) is 4.57 Å². The highest BCUT2D eigenvalue weighted by atomic mass is 16.3. The van der Waals surface area contributed by atoms with E-state index in [1.165, 1.54) is 0 Å². The van der Waals surface area contributed by atoms with Gasteiger partial charge in [0, 0.05) is 30.4 Å². The van der Waals surface area contributed by atoms with Gasteiger partial charge in [-0.25, -0.2) is 4.79 Å². The first-order valence-corrected chi connectivity index (χ1v) is 11.4. The van der Waals surface area contributed by atoms with Crippen LogP contribution in [0.15, 0.2) is 71.7 Å². The van der Waals surface area contributed by atoms with Gasteiger partial charge in [0.2, 0.25) is 5.69 Å². The molecule has 0 saturated carbocycles. The van der Waals surface area contributed by atoms with Crippen LogP contribution < -0.4 is 15.2 Å². The molecule has 1 atom stereocenters. The Labute approximate surface area is 200 Å². The zero-order valence-electron chi connectivity index (χ0n) is 18.9. The van der Waals surface area contributed by atoms with Crippen molar-refractivity contribution >= 4 is 28.8 Å². The summed E-state index contributed by atoms with van der Waals surface area (Å²) in [6.07, 6.45) is 7.95. The molecule has 1 aromatic carbocycles. The van der Waals surface area contributed by atoms with E-state index < -0.39 is 17.5 Å². The molecular weight excluding hydrogens is 446 g/mol. The minimum Gasteiger partial charge on any atom is -0.457 e. The quantitative estimate of drug-likeness (QED) is 0.345. The largest absolute Gasteiger partial charge is 0.457 e. The summed E-state index contributed by atoms with van der Waals surface area (Å²) in [6.45, 7) is 2.33. The number of hydrogen-bond acceptors (Lipinski definition) is 5. The molecule has 1 fully saturated rings. The van der Waals surface area contributed by atoms with E-state index in [0.29, 0.717) is 17.7 Å². The van der Waals surface area contributed by atoms with Gasteiger partial charge in [-0.05, 0) is 35.7 Å². The highest BCUT2D eigenvalue weighted by molar-refractivity contribution is 6.08. The number of urea groups is 1. The van der Waals surface area contributed by atoms with E-state index in [2.05, 4.69) is 15.6 Å². The van der Waals surface area contributed by atoms with E-state index in [4.69, 9.17) is 4.42 Å². The molecule has 5 heterocycles. The Morgan fingerprint density at radius 1 is 1.17 bits per heavy atom. The Hall–Kier alpha value is -4.53. The molecule has 2 aliphatic heterocycles. The normalized spacial score (nSPS) is 19.2. The van der Waals surface area contributed by atoms with Crippen molar-refractivity contribution in [2.45, 2.75) is 25.4 Å². The van der Waals surface area contributed by atoms with Gasteiger partial charge in [-0.3, -0.25) is 19.9 Å². The number of imide groups is 1. The van der Waals surface area contributed by atoms with E-state index in [9.17, 15) is 14.4 Å². The average molecular weight is 468 g/mol. The Bertz CT molecular complexity index is 1510. The number of pyridine rings is 2. The van der Waals surface area contributed by atoms with E-state index in [1.54, 1.807) is 29.4 Å². The topological polar surface area (TPSA) is 108 Å². The summed E-state index contributed by atoms with van der Waals surface area (Å²) in [4.78, 5) is 44.3. The average Bonchev–Trinajstić information content (AvgIpc) is 3.53. The monoisotopic (exact) mass is 468 g/mol. The third-order valence-electron chi connectivity index (χ3n) is 6.65. The van der Waals surface area contributed by atoms with Crippen LogP contribution in [0.25, 0.3) is 16.7 Å². The second-order valence-electron chi connectivity index (χ2n) is 8.81. The molecule has 6 rings (SSSR count). The van der Waals surface area contributed by atoms with Crippen LogP contribution in [0, 0.1) is 0 Å². The van der Waals surface area contributed by atoms with Crippen LogP contribution >= 0.6 is 0 Å². The van der Waals surface area contributed by atoms with Gasteiger partial charge in [-0.1, -0.05) is 19.1 Å². The van der Waals surface area contributed by atoms with Crippen LogP contribution in [0.3, 0.4) is 0 Å². The van der Waals surface area contributed by atoms with Crippen molar-refractivity contribution in [1.29, 1.82) is 0 Å². The molecule has 2 N–H and O–H groups in total. The Kier molecular flexibility index (Phi) is 4.67. The third kappa shape index (κ3) is 3.35. The van der Waals surface area contributed by atoms with Crippen molar-refractivity contribution in [2.24, 2.45) is 0 Å². The molecule has 9 heteroatoms. The number of aryl methyl sites for hydroxylation is 1. The van der Waals surface area contributed by atoms with Gasteiger partial charge < -0.3 is 14.6 Å². The van der Waals surface area contributed by atoms with Crippen molar-refractivity contribution in [1.82, 2.24) is 20.5 Å². The zero-order chi connectivity index (χ0) is 24.2. The van der Waals surface area contributed by atoms with E-state index >= 15 is 0 Å². The van der Waals surface area contributed by atoms with Gasteiger partial charge in [0.15, 0.2) is 17.9 Å². The second-order valence-corrected chi connectivity index (χ2v) is 8.81. The van der Waals surface area contributed by atoms with Gasteiger partial charge >= 0.3 is 6.03 Å². The number of nitrogens with zero attached hydrogens (tertiary/aromatic N) is 3. The maximum Gasteiger partial charge on any atom is 0.322 e. The maximum absolute atomic E-state index is 13.2. The van der Waals surface area contributed by atoms with Crippen LogP contribution in [0.5, 0.6) is 0 Å². The third-order valence-corrected chi connectivity index (χ3v) is 6.65. The Balaban J connectivity index is 1.38. The predicted molar refractivity (Wildman–Crippen MR) is 124 cm³/mol. The predicted octanol–water partition coefficient (Wildman–Crippen LogP) is 2.36. The smallest absolute Gasteiger partial charge is 0.322 e. The summed E-state index contributed by atoms with van der Waals surface area (Å²) in [7, 11) is 0. The number of carbonyl (C=O) groups is 3. The molecule has 35 heavy (non-hydrogen) atoms. The number of nitrogens with one attached hydrogen (secondary N) is 2. The van der Waals surface area contributed by atoms with Gasteiger partial charge in [-0.15, -0.1) is 0 Å². The lowest BCUT2D eigenvalue weighted by atomic mass is 9.95. The molecule has 0 radical (unpaired) electrons. The molecule has 9 nitrogen and oxygen atoms in total. The summed E-state index contributed by atoms with van der Waals surface area (Å²) in [5, 5.41) is 5.79. The molecule has 3 aromatic heterocycles. The highest BCUT2D eigenvalue weighted by Crippen LogP contribution is 2.34. The molecule has 0 aliphatic carbocycles. The van der Waals surface area contributed by atoms with Crippen molar-refractivity contribution in [2.75, 3.05) is 6.54 Å². The number of carbonyl (C=O) groups excluding carboxylic acids is 3. The molecule has 4 aromatic rings. The lowest BCUT2D eigenvalue weighted by Crippen LogP contribution is -2.52. The fourth-order valence-electron chi connectivity index (χ4n) is 4.77. The van der Waals surface area contributed by atoms with Crippen LogP contribution in [-0.2, 0) is 23.3 Å². The SMILES string of the molecule is CCc1ccc2c(c1)C(=O)N(C[C@@]1(c3cc4c[n+](-c5cccnc5)ccc4o3)NC(=O)NC1=O)C2. The molecule has 0 unspecified atom stereocenters. The van der Waals surface area contributed by atoms with Crippen LogP contribution in [0.1, 0.15) is 34.2 Å². The molecule has 2 aliphatic rings. The van der Waals surface area contributed by atoms with Crippen molar-refractivity contribution in [3.63, 3.8) is 0 Å². The number of aromatic nitrogens is 2. The van der Waals surface area contributed by atoms with Crippen molar-refractivity contribution in [3.8, 4) is 5.69 Å². The van der Waals surface area contributed by atoms with Crippen molar-refractivity contribution in [3.05, 3.63) is 89.7 Å². The minimum absolute atomic E-state index is 0.0536. The number of rotatable bonds is 5. The van der Waals surface area contributed by atoms with Crippen LogP contribution in [-0.4, -0.2) is 34.3 Å².